The van der Waals surface area contributed by atoms with E-state index in [9.17, 15) is 9.59 Å². The molecule has 1 heterocycles. The molecule has 0 aliphatic carbocycles. The van der Waals surface area contributed by atoms with Crippen LogP contribution < -0.4 is 10.6 Å². The average Bonchev–Trinajstić information content (AvgIpc) is 2.82. The first-order valence-electron chi connectivity index (χ1n) is 5.77. The van der Waals surface area contributed by atoms with E-state index in [4.69, 9.17) is 16.7 Å². The average molecular weight is 390 g/mol. The number of benzene rings is 1. The monoisotopic (exact) mass is 388 g/mol. The summed E-state index contributed by atoms with van der Waals surface area (Å²) in [6.45, 7) is 0.406. The topological polar surface area (TPSA) is 78.4 Å². The first-order chi connectivity index (χ1) is 9.95. The molecular formula is C13H10BrClN2O3S. The van der Waals surface area contributed by atoms with Gasteiger partial charge in [-0.1, -0.05) is 11.6 Å². The molecule has 110 valence electrons. The van der Waals surface area contributed by atoms with E-state index in [1.54, 1.807) is 0 Å². The molecule has 5 nitrogen and oxygen atoms in total. The number of amides is 2. The number of hydrogen-bond donors (Lipinski definition) is 3. The normalized spacial score (nSPS) is 10.2. The predicted molar refractivity (Wildman–Crippen MR) is 86.3 cm³/mol. The van der Waals surface area contributed by atoms with Gasteiger partial charge in [-0.15, -0.1) is 11.3 Å². The molecule has 0 spiro atoms. The molecule has 0 saturated heterocycles. The van der Waals surface area contributed by atoms with Crippen LogP contribution in [0, 0.1) is 0 Å². The first kappa shape index (κ1) is 15.8. The van der Waals surface area contributed by atoms with Crippen molar-refractivity contribution in [3.8, 4) is 0 Å². The fourth-order valence-electron chi connectivity index (χ4n) is 1.56. The molecule has 3 N–H and O–H groups in total. The molecule has 1 aromatic heterocycles. The summed E-state index contributed by atoms with van der Waals surface area (Å²) >= 11 is 10.7. The highest BCUT2D eigenvalue weighted by Gasteiger charge is 2.10. The van der Waals surface area contributed by atoms with Crippen molar-refractivity contribution in [2.24, 2.45) is 0 Å². The Morgan fingerprint density at radius 2 is 2.05 bits per heavy atom. The minimum atomic E-state index is -1.11. The van der Waals surface area contributed by atoms with Gasteiger partial charge in [-0.3, -0.25) is 0 Å². The highest BCUT2D eigenvalue weighted by Crippen LogP contribution is 2.22. The summed E-state index contributed by atoms with van der Waals surface area (Å²) in [5.41, 5.74) is 0.418. The lowest BCUT2D eigenvalue weighted by Crippen LogP contribution is -2.27. The highest BCUT2D eigenvalue weighted by molar-refractivity contribution is 9.11. The second-order valence-electron chi connectivity index (χ2n) is 4.01. The molecule has 1 aromatic carbocycles. The number of hydrogen-bond acceptors (Lipinski definition) is 3. The lowest BCUT2D eigenvalue weighted by molar-refractivity contribution is 0.0697. The molecule has 0 aliphatic rings. The van der Waals surface area contributed by atoms with Crippen LogP contribution in [0.25, 0.3) is 0 Å². The molecule has 2 aromatic rings. The van der Waals surface area contributed by atoms with Gasteiger partial charge in [-0.25, -0.2) is 9.59 Å². The van der Waals surface area contributed by atoms with Crippen molar-refractivity contribution < 1.29 is 14.7 Å². The summed E-state index contributed by atoms with van der Waals surface area (Å²) in [5.74, 6) is -1.11. The fraction of sp³-hybridized carbons (Fsp3) is 0.0769. The Labute approximate surface area is 138 Å². The molecule has 21 heavy (non-hydrogen) atoms. The Kier molecular flexibility index (Phi) is 5.22. The van der Waals surface area contributed by atoms with E-state index in [1.165, 1.54) is 29.5 Å². The van der Waals surface area contributed by atoms with E-state index in [-0.39, 0.29) is 10.6 Å². The van der Waals surface area contributed by atoms with Gasteiger partial charge >= 0.3 is 12.0 Å². The van der Waals surface area contributed by atoms with Gasteiger partial charge < -0.3 is 15.7 Å². The van der Waals surface area contributed by atoms with Gasteiger partial charge in [0.25, 0.3) is 0 Å². The molecule has 2 amide bonds. The fourth-order valence-corrected chi connectivity index (χ4v) is 3.24. The predicted octanol–water partition coefficient (Wildman–Crippen LogP) is 4.18. The third-order valence-corrected chi connectivity index (χ3v) is 4.45. The van der Waals surface area contributed by atoms with Crippen LogP contribution >= 0.6 is 38.9 Å². The smallest absolute Gasteiger partial charge is 0.337 e. The zero-order chi connectivity index (χ0) is 15.4. The van der Waals surface area contributed by atoms with Crippen LogP contribution in [0.15, 0.2) is 34.1 Å². The molecule has 0 atom stereocenters. The summed E-state index contributed by atoms with van der Waals surface area (Å²) in [4.78, 5) is 23.6. The van der Waals surface area contributed by atoms with Crippen molar-refractivity contribution in [3.63, 3.8) is 0 Å². The van der Waals surface area contributed by atoms with E-state index in [2.05, 4.69) is 26.6 Å². The second-order valence-corrected chi connectivity index (χ2v) is 6.97. The van der Waals surface area contributed by atoms with Crippen LogP contribution in [0.1, 0.15) is 15.2 Å². The van der Waals surface area contributed by atoms with Crippen molar-refractivity contribution in [1.29, 1.82) is 0 Å². The lowest BCUT2D eigenvalue weighted by atomic mass is 10.2. The van der Waals surface area contributed by atoms with Crippen LogP contribution in [0.2, 0.25) is 5.02 Å². The standard InChI is InChI=1S/C13H10BrClN2O3S/c14-11-4-2-8(21-11)6-16-13(20)17-7-1-3-9(12(18)19)10(15)5-7/h1-5H,6H2,(H,18,19)(H2,16,17,20). The van der Waals surface area contributed by atoms with Crippen molar-refractivity contribution in [1.82, 2.24) is 5.32 Å². The van der Waals surface area contributed by atoms with Gasteiger partial charge in [0.2, 0.25) is 0 Å². The zero-order valence-corrected chi connectivity index (χ0v) is 13.7. The van der Waals surface area contributed by atoms with Crippen LogP contribution in [0.4, 0.5) is 10.5 Å². The number of urea groups is 1. The Balaban J connectivity index is 1.93. The number of carbonyl (C=O) groups excluding carboxylic acids is 1. The molecular weight excluding hydrogens is 380 g/mol. The largest absolute Gasteiger partial charge is 0.478 e. The summed E-state index contributed by atoms with van der Waals surface area (Å²) in [6.07, 6.45) is 0. The van der Waals surface area contributed by atoms with Crippen molar-refractivity contribution in [2.45, 2.75) is 6.54 Å². The van der Waals surface area contributed by atoms with Gasteiger partial charge in [-0.05, 0) is 46.3 Å². The van der Waals surface area contributed by atoms with Gasteiger partial charge in [-0.2, -0.15) is 0 Å². The number of aromatic carboxylic acids is 1. The number of rotatable bonds is 4. The maximum Gasteiger partial charge on any atom is 0.337 e. The number of nitrogens with one attached hydrogen (secondary N) is 2. The number of halogens is 2. The third-order valence-electron chi connectivity index (χ3n) is 2.51. The van der Waals surface area contributed by atoms with Gasteiger partial charge in [0.05, 0.1) is 20.9 Å². The molecule has 0 radical (unpaired) electrons. The number of thiophene rings is 1. The molecule has 0 aliphatic heterocycles. The van der Waals surface area contributed by atoms with Crippen LogP contribution in [0.5, 0.6) is 0 Å². The number of carboxylic acids is 1. The molecule has 0 saturated carbocycles. The van der Waals surface area contributed by atoms with Gasteiger partial charge in [0.1, 0.15) is 0 Å². The molecule has 0 bridgehead atoms. The summed E-state index contributed by atoms with van der Waals surface area (Å²) in [6, 6.07) is 7.65. The molecule has 0 fully saturated rings. The maximum atomic E-state index is 11.7. The van der Waals surface area contributed by atoms with Crippen molar-refractivity contribution in [2.75, 3.05) is 5.32 Å². The second kappa shape index (κ2) is 6.93. The summed E-state index contributed by atoms with van der Waals surface area (Å²) < 4.78 is 0.996. The van der Waals surface area contributed by atoms with E-state index in [0.29, 0.717) is 12.2 Å². The number of carbonyl (C=O) groups is 2. The number of anilines is 1. The van der Waals surface area contributed by atoms with Crippen LogP contribution in [-0.2, 0) is 6.54 Å². The Morgan fingerprint density at radius 1 is 1.29 bits per heavy atom. The Bertz CT molecular complexity index is 690. The minimum Gasteiger partial charge on any atom is -0.478 e. The molecule has 8 heteroatoms. The van der Waals surface area contributed by atoms with E-state index >= 15 is 0 Å². The van der Waals surface area contributed by atoms with Crippen molar-refractivity contribution >= 4 is 56.6 Å². The SMILES string of the molecule is O=C(NCc1ccc(Br)s1)Nc1ccc(C(=O)O)c(Cl)c1. The Morgan fingerprint density at radius 3 is 2.62 bits per heavy atom. The molecule has 0 unspecified atom stereocenters. The van der Waals surface area contributed by atoms with Crippen molar-refractivity contribution in [3.05, 3.63) is 49.6 Å². The minimum absolute atomic E-state index is 0.00828. The van der Waals surface area contributed by atoms with Gasteiger partial charge in [0, 0.05) is 10.6 Å². The Hall–Kier alpha value is -1.57. The van der Waals surface area contributed by atoms with Gasteiger partial charge in [0.15, 0.2) is 0 Å². The van der Waals surface area contributed by atoms with Crippen LogP contribution in [0.3, 0.4) is 0 Å². The first-order valence-corrected chi connectivity index (χ1v) is 7.76. The lowest BCUT2D eigenvalue weighted by Gasteiger charge is -2.08. The maximum absolute atomic E-state index is 11.7. The summed E-state index contributed by atoms with van der Waals surface area (Å²) in [5, 5.41) is 14.2. The quantitative estimate of drug-likeness (QED) is 0.734. The molecule has 2 rings (SSSR count). The highest BCUT2D eigenvalue weighted by atomic mass is 79.9. The summed E-state index contributed by atoms with van der Waals surface area (Å²) in [7, 11) is 0. The van der Waals surface area contributed by atoms with E-state index in [1.807, 2.05) is 12.1 Å². The zero-order valence-electron chi connectivity index (χ0n) is 10.5. The third kappa shape index (κ3) is 4.45. The van der Waals surface area contributed by atoms with E-state index in [0.717, 1.165) is 8.66 Å². The number of carboxylic acid groups (broad SMARTS) is 1. The van der Waals surface area contributed by atoms with Crippen LogP contribution in [-0.4, -0.2) is 17.1 Å². The van der Waals surface area contributed by atoms with E-state index < -0.39 is 12.0 Å².